The third-order valence-corrected chi connectivity index (χ3v) is 2.23. The van der Waals surface area contributed by atoms with E-state index < -0.39 is 5.97 Å². The Morgan fingerprint density at radius 1 is 1.40 bits per heavy atom. The number of ether oxygens (including phenoxy) is 3. The lowest BCUT2D eigenvalue weighted by molar-refractivity contribution is 0.0590. The highest BCUT2D eigenvalue weighted by Gasteiger charge is 2.22. The molecular formula is C10H9ClO4. The van der Waals surface area contributed by atoms with Crippen LogP contribution in [-0.2, 0) is 4.74 Å². The Bertz CT molecular complexity index is 403. The minimum Gasteiger partial charge on any atom is -0.486 e. The molecule has 4 nitrogen and oxygen atoms in total. The van der Waals surface area contributed by atoms with E-state index in [0.717, 1.165) is 0 Å². The van der Waals surface area contributed by atoms with Crippen molar-refractivity contribution in [2.75, 3.05) is 20.3 Å². The monoisotopic (exact) mass is 228 g/mol. The fraction of sp³-hybridized carbons (Fsp3) is 0.300. The number of fused-ring (bicyclic) bond motifs is 1. The highest BCUT2D eigenvalue weighted by Crippen LogP contribution is 2.37. The van der Waals surface area contributed by atoms with E-state index in [-0.39, 0.29) is 0 Å². The number of benzene rings is 1. The average molecular weight is 229 g/mol. The molecule has 5 heteroatoms. The molecule has 80 valence electrons. The summed E-state index contributed by atoms with van der Waals surface area (Å²) in [5.41, 5.74) is 0.291. The Morgan fingerprint density at radius 2 is 2.13 bits per heavy atom. The Hall–Kier alpha value is -1.42. The zero-order chi connectivity index (χ0) is 10.8. The van der Waals surface area contributed by atoms with Gasteiger partial charge in [0.1, 0.15) is 18.8 Å². The maximum atomic E-state index is 11.4. The van der Waals surface area contributed by atoms with Crippen LogP contribution in [0.1, 0.15) is 10.4 Å². The normalized spacial score (nSPS) is 13.5. The van der Waals surface area contributed by atoms with Crippen LogP contribution < -0.4 is 9.47 Å². The second-order valence-corrected chi connectivity index (χ2v) is 3.41. The van der Waals surface area contributed by atoms with Crippen molar-refractivity contribution in [2.24, 2.45) is 0 Å². The van der Waals surface area contributed by atoms with Crippen LogP contribution >= 0.6 is 11.6 Å². The number of hydrogen-bond donors (Lipinski definition) is 0. The number of esters is 1. The molecule has 0 unspecified atom stereocenters. The number of rotatable bonds is 1. The summed E-state index contributed by atoms with van der Waals surface area (Å²) in [4.78, 5) is 11.4. The molecule has 0 atom stereocenters. The first kappa shape index (κ1) is 10.1. The van der Waals surface area contributed by atoms with Crippen molar-refractivity contribution in [3.63, 3.8) is 0 Å². The van der Waals surface area contributed by atoms with Gasteiger partial charge in [-0.05, 0) is 6.07 Å². The van der Waals surface area contributed by atoms with Crippen molar-refractivity contribution < 1.29 is 19.0 Å². The molecule has 1 aromatic carbocycles. The molecule has 0 saturated carbocycles. The van der Waals surface area contributed by atoms with Gasteiger partial charge in [0.25, 0.3) is 0 Å². The number of carbonyl (C=O) groups excluding carboxylic acids is 1. The Kier molecular flexibility index (Phi) is 2.68. The Balaban J connectivity index is 2.52. The van der Waals surface area contributed by atoms with Crippen LogP contribution in [0, 0.1) is 0 Å². The van der Waals surface area contributed by atoms with Crippen LogP contribution in [0.25, 0.3) is 0 Å². The zero-order valence-electron chi connectivity index (χ0n) is 8.08. The minimum atomic E-state index is -0.487. The van der Waals surface area contributed by atoms with E-state index in [9.17, 15) is 4.79 Å². The molecule has 0 radical (unpaired) electrons. The Labute approximate surface area is 91.7 Å². The van der Waals surface area contributed by atoms with Gasteiger partial charge in [-0.15, -0.1) is 0 Å². The molecule has 0 N–H and O–H groups in total. The van der Waals surface area contributed by atoms with Crippen LogP contribution in [-0.4, -0.2) is 26.3 Å². The van der Waals surface area contributed by atoms with Gasteiger partial charge in [-0.1, -0.05) is 11.6 Å². The van der Waals surface area contributed by atoms with Gasteiger partial charge in [-0.25, -0.2) is 4.79 Å². The average Bonchev–Trinajstić information content (AvgIpc) is 2.26. The van der Waals surface area contributed by atoms with Gasteiger partial charge in [0.15, 0.2) is 11.5 Å². The van der Waals surface area contributed by atoms with Crippen LogP contribution in [0.3, 0.4) is 0 Å². The minimum absolute atomic E-state index is 0.291. The fourth-order valence-electron chi connectivity index (χ4n) is 1.38. The summed E-state index contributed by atoms with van der Waals surface area (Å²) >= 11 is 5.84. The lowest BCUT2D eigenvalue weighted by Crippen LogP contribution is -2.18. The van der Waals surface area contributed by atoms with Crippen molar-refractivity contribution in [1.82, 2.24) is 0 Å². The maximum Gasteiger partial charge on any atom is 0.341 e. The number of halogens is 1. The smallest absolute Gasteiger partial charge is 0.341 e. The maximum absolute atomic E-state index is 11.4. The standard InChI is InChI=1S/C10H9ClO4/c1-13-10(12)7-4-6(11)5-8-9(7)15-3-2-14-8/h4-5H,2-3H2,1H3. The van der Waals surface area contributed by atoms with E-state index in [1.807, 2.05) is 0 Å². The topological polar surface area (TPSA) is 44.8 Å². The van der Waals surface area contributed by atoms with Gasteiger partial charge < -0.3 is 14.2 Å². The first-order chi connectivity index (χ1) is 7.22. The summed E-state index contributed by atoms with van der Waals surface area (Å²) in [5.74, 6) is 0.394. The van der Waals surface area contributed by atoms with Crippen LogP contribution in [0.2, 0.25) is 5.02 Å². The molecular weight excluding hydrogens is 220 g/mol. The molecule has 0 fully saturated rings. The van der Waals surface area contributed by atoms with E-state index in [1.54, 1.807) is 6.07 Å². The van der Waals surface area contributed by atoms with Crippen molar-refractivity contribution in [3.05, 3.63) is 22.7 Å². The summed E-state index contributed by atoms with van der Waals surface area (Å²) < 4.78 is 15.3. The predicted molar refractivity (Wildman–Crippen MR) is 53.8 cm³/mol. The van der Waals surface area contributed by atoms with E-state index in [2.05, 4.69) is 4.74 Å². The van der Waals surface area contributed by atoms with E-state index in [1.165, 1.54) is 13.2 Å². The summed E-state index contributed by atoms with van der Waals surface area (Å²) in [6, 6.07) is 3.11. The SMILES string of the molecule is COC(=O)c1cc(Cl)cc2c1OCCO2. The van der Waals surface area contributed by atoms with Crippen molar-refractivity contribution >= 4 is 17.6 Å². The largest absolute Gasteiger partial charge is 0.486 e. The molecule has 0 spiro atoms. The van der Waals surface area contributed by atoms with Crippen molar-refractivity contribution in [3.8, 4) is 11.5 Å². The van der Waals surface area contributed by atoms with E-state index >= 15 is 0 Å². The molecule has 1 aliphatic heterocycles. The first-order valence-corrected chi connectivity index (χ1v) is 4.77. The van der Waals surface area contributed by atoms with Gasteiger partial charge in [-0.2, -0.15) is 0 Å². The number of hydrogen-bond acceptors (Lipinski definition) is 4. The third kappa shape index (κ3) is 1.85. The van der Waals surface area contributed by atoms with Crippen molar-refractivity contribution in [1.29, 1.82) is 0 Å². The molecule has 0 bridgehead atoms. The van der Waals surface area contributed by atoms with Gasteiger partial charge in [-0.3, -0.25) is 0 Å². The molecule has 15 heavy (non-hydrogen) atoms. The second-order valence-electron chi connectivity index (χ2n) is 2.97. The summed E-state index contributed by atoms with van der Waals surface area (Å²) in [6.07, 6.45) is 0. The van der Waals surface area contributed by atoms with E-state index in [0.29, 0.717) is 35.3 Å². The lowest BCUT2D eigenvalue weighted by atomic mass is 10.2. The highest BCUT2D eigenvalue weighted by molar-refractivity contribution is 6.31. The van der Waals surface area contributed by atoms with Crippen LogP contribution in [0.4, 0.5) is 0 Å². The molecule has 0 amide bonds. The third-order valence-electron chi connectivity index (χ3n) is 2.01. The zero-order valence-corrected chi connectivity index (χ0v) is 8.84. The van der Waals surface area contributed by atoms with Gasteiger partial charge in [0.2, 0.25) is 0 Å². The lowest BCUT2D eigenvalue weighted by Gasteiger charge is -2.20. The van der Waals surface area contributed by atoms with Gasteiger partial charge >= 0.3 is 5.97 Å². The molecule has 0 aromatic heterocycles. The second kappa shape index (κ2) is 3.98. The van der Waals surface area contributed by atoms with Crippen LogP contribution in [0.15, 0.2) is 12.1 Å². The number of methoxy groups -OCH3 is 1. The van der Waals surface area contributed by atoms with Crippen LogP contribution in [0.5, 0.6) is 11.5 Å². The molecule has 1 heterocycles. The molecule has 2 rings (SSSR count). The molecule has 1 aromatic rings. The first-order valence-electron chi connectivity index (χ1n) is 4.40. The van der Waals surface area contributed by atoms with Gasteiger partial charge in [0, 0.05) is 11.1 Å². The molecule has 0 aliphatic carbocycles. The fourth-order valence-corrected chi connectivity index (χ4v) is 1.59. The highest BCUT2D eigenvalue weighted by atomic mass is 35.5. The van der Waals surface area contributed by atoms with Crippen molar-refractivity contribution in [2.45, 2.75) is 0 Å². The number of carbonyl (C=O) groups is 1. The van der Waals surface area contributed by atoms with E-state index in [4.69, 9.17) is 21.1 Å². The molecule has 1 aliphatic rings. The Morgan fingerprint density at radius 3 is 2.87 bits per heavy atom. The quantitative estimate of drug-likeness (QED) is 0.689. The predicted octanol–water partition coefficient (Wildman–Crippen LogP) is 1.90. The summed E-state index contributed by atoms with van der Waals surface area (Å²) in [6.45, 7) is 0.868. The van der Waals surface area contributed by atoms with Gasteiger partial charge in [0.05, 0.1) is 7.11 Å². The summed E-state index contributed by atoms with van der Waals surface area (Å²) in [7, 11) is 1.30. The summed E-state index contributed by atoms with van der Waals surface area (Å²) in [5, 5.41) is 0.416. The molecule has 0 saturated heterocycles.